The lowest BCUT2D eigenvalue weighted by Crippen LogP contribution is -2.12. The summed E-state index contributed by atoms with van der Waals surface area (Å²) in [7, 11) is 0. The molecule has 102 valence electrons. The molecule has 5 nitrogen and oxygen atoms in total. The van der Waals surface area contributed by atoms with Crippen molar-refractivity contribution >= 4 is 11.6 Å². The Bertz CT molecular complexity index is 824. The second-order valence-electron chi connectivity index (χ2n) is 5.02. The molecule has 5 heteroatoms. The molecule has 4 rings (SSSR count). The van der Waals surface area contributed by atoms with Gasteiger partial charge in [0, 0.05) is 5.69 Å². The number of anilines is 1. The first kappa shape index (κ1) is 11.8. The maximum Gasteiger partial charge on any atom is 0.277 e. The number of amides is 1. The molecular weight excluding hydrogens is 264 g/mol. The van der Waals surface area contributed by atoms with E-state index in [0.717, 1.165) is 12.1 Å². The first-order chi connectivity index (χ1) is 10.3. The summed E-state index contributed by atoms with van der Waals surface area (Å²) in [6.07, 6.45) is 2.30. The highest BCUT2D eigenvalue weighted by Crippen LogP contribution is 2.37. The highest BCUT2D eigenvalue weighted by molar-refractivity contribution is 6.02. The van der Waals surface area contributed by atoms with E-state index in [4.69, 9.17) is 0 Å². The third-order valence-electron chi connectivity index (χ3n) is 3.70. The van der Waals surface area contributed by atoms with Crippen LogP contribution in [0.15, 0.2) is 48.7 Å². The van der Waals surface area contributed by atoms with Crippen molar-refractivity contribution in [3.8, 4) is 11.1 Å². The van der Waals surface area contributed by atoms with Crippen LogP contribution in [0.2, 0.25) is 0 Å². The summed E-state index contributed by atoms with van der Waals surface area (Å²) in [6.45, 7) is 0. The molecule has 1 heterocycles. The van der Waals surface area contributed by atoms with Gasteiger partial charge in [0.25, 0.3) is 5.91 Å². The van der Waals surface area contributed by atoms with Crippen molar-refractivity contribution in [3.63, 3.8) is 0 Å². The van der Waals surface area contributed by atoms with Gasteiger partial charge in [0.2, 0.25) is 0 Å². The van der Waals surface area contributed by atoms with Crippen molar-refractivity contribution in [3.05, 3.63) is 65.5 Å². The summed E-state index contributed by atoms with van der Waals surface area (Å²) in [5.74, 6) is -0.265. The van der Waals surface area contributed by atoms with Gasteiger partial charge in [0.15, 0.2) is 5.69 Å². The van der Waals surface area contributed by atoms with Crippen LogP contribution in [0.4, 0.5) is 5.69 Å². The number of nitrogens with zero attached hydrogens (tertiary/aromatic N) is 2. The summed E-state index contributed by atoms with van der Waals surface area (Å²) >= 11 is 0. The minimum Gasteiger partial charge on any atom is -0.321 e. The molecule has 2 aromatic carbocycles. The summed E-state index contributed by atoms with van der Waals surface area (Å²) in [5, 5.41) is 12.7. The summed E-state index contributed by atoms with van der Waals surface area (Å²) in [4.78, 5) is 12.0. The first-order valence-electron chi connectivity index (χ1n) is 6.69. The van der Waals surface area contributed by atoms with Gasteiger partial charge in [-0.25, -0.2) is 0 Å². The average Bonchev–Trinajstić information content (AvgIpc) is 3.14. The number of rotatable bonds is 2. The van der Waals surface area contributed by atoms with Crippen molar-refractivity contribution in [2.24, 2.45) is 0 Å². The third kappa shape index (κ3) is 1.99. The fourth-order valence-electron chi connectivity index (χ4n) is 2.73. The predicted molar refractivity (Wildman–Crippen MR) is 79.0 cm³/mol. The van der Waals surface area contributed by atoms with Crippen LogP contribution >= 0.6 is 0 Å². The van der Waals surface area contributed by atoms with Crippen LogP contribution in [-0.2, 0) is 6.42 Å². The van der Waals surface area contributed by atoms with E-state index in [0.29, 0.717) is 0 Å². The topological polar surface area (TPSA) is 70.7 Å². The molecule has 1 aromatic heterocycles. The molecule has 0 fully saturated rings. The number of fused-ring (bicyclic) bond motifs is 3. The standard InChI is InChI=1S/C16H12N4O/c21-16(15-9-17-20-19-15)18-12-5-6-14-11(8-12)7-10-3-1-2-4-13(10)14/h1-6,8-9H,7H2,(H,18,21)(H,17,19,20). The molecule has 0 saturated heterocycles. The zero-order chi connectivity index (χ0) is 14.2. The molecule has 21 heavy (non-hydrogen) atoms. The molecule has 3 aromatic rings. The Morgan fingerprint density at radius 2 is 1.95 bits per heavy atom. The highest BCUT2D eigenvalue weighted by atomic mass is 16.2. The monoisotopic (exact) mass is 276 g/mol. The fraction of sp³-hybridized carbons (Fsp3) is 0.0625. The largest absolute Gasteiger partial charge is 0.321 e. The Balaban J connectivity index is 1.63. The van der Waals surface area contributed by atoms with Crippen LogP contribution in [0.25, 0.3) is 11.1 Å². The minimum atomic E-state index is -0.265. The van der Waals surface area contributed by atoms with Gasteiger partial charge < -0.3 is 5.32 Å². The molecule has 0 atom stereocenters. The molecule has 0 aliphatic heterocycles. The summed E-state index contributed by atoms with van der Waals surface area (Å²) in [6, 6.07) is 14.4. The number of aromatic nitrogens is 3. The summed E-state index contributed by atoms with van der Waals surface area (Å²) in [5.41, 5.74) is 6.13. The maximum absolute atomic E-state index is 12.0. The van der Waals surface area contributed by atoms with Gasteiger partial charge in [-0.3, -0.25) is 4.79 Å². The quantitative estimate of drug-likeness (QED) is 0.591. The molecule has 2 N–H and O–H groups in total. The molecule has 1 aliphatic rings. The van der Waals surface area contributed by atoms with E-state index >= 15 is 0 Å². The van der Waals surface area contributed by atoms with Crippen LogP contribution in [0.3, 0.4) is 0 Å². The van der Waals surface area contributed by atoms with Crippen molar-refractivity contribution in [2.75, 3.05) is 5.32 Å². The van der Waals surface area contributed by atoms with E-state index in [1.54, 1.807) is 0 Å². The zero-order valence-corrected chi connectivity index (χ0v) is 11.1. The number of H-pyrrole nitrogens is 1. The Morgan fingerprint density at radius 3 is 2.81 bits per heavy atom. The lowest BCUT2D eigenvalue weighted by Gasteiger charge is -2.06. The molecule has 1 aliphatic carbocycles. The van der Waals surface area contributed by atoms with Crippen molar-refractivity contribution in [1.82, 2.24) is 15.4 Å². The van der Waals surface area contributed by atoms with Crippen LogP contribution in [-0.4, -0.2) is 21.3 Å². The van der Waals surface area contributed by atoms with Crippen molar-refractivity contribution in [2.45, 2.75) is 6.42 Å². The van der Waals surface area contributed by atoms with E-state index < -0.39 is 0 Å². The molecule has 0 unspecified atom stereocenters. The van der Waals surface area contributed by atoms with Crippen LogP contribution < -0.4 is 5.32 Å². The zero-order valence-electron chi connectivity index (χ0n) is 11.1. The van der Waals surface area contributed by atoms with Gasteiger partial charge in [-0.1, -0.05) is 30.3 Å². The second-order valence-corrected chi connectivity index (χ2v) is 5.02. The van der Waals surface area contributed by atoms with E-state index in [2.05, 4.69) is 45.0 Å². The predicted octanol–water partition coefficient (Wildman–Crippen LogP) is 2.63. The fourth-order valence-corrected chi connectivity index (χ4v) is 2.73. The lowest BCUT2D eigenvalue weighted by atomic mass is 10.1. The lowest BCUT2D eigenvalue weighted by molar-refractivity contribution is 0.102. The van der Waals surface area contributed by atoms with E-state index in [9.17, 15) is 4.79 Å². The van der Waals surface area contributed by atoms with Crippen LogP contribution in [0, 0.1) is 0 Å². The van der Waals surface area contributed by atoms with E-state index in [1.807, 2.05) is 18.2 Å². The molecule has 0 saturated carbocycles. The normalized spacial score (nSPS) is 11.8. The van der Waals surface area contributed by atoms with E-state index in [-0.39, 0.29) is 11.6 Å². The SMILES string of the molecule is O=C(Nc1ccc2c(c1)Cc1ccccc1-2)c1cn[nH]n1. The Hall–Kier alpha value is -2.95. The van der Waals surface area contributed by atoms with Gasteiger partial charge in [-0.15, -0.1) is 0 Å². The smallest absolute Gasteiger partial charge is 0.277 e. The first-order valence-corrected chi connectivity index (χ1v) is 6.69. The van der Waals surface area contributed by atoms with E-state index in [1.165, 1.54) is 28.5 Å². The minimum absolute atomic E-state index is 0.265. The third-order valence-corrected chi connectivity index (χ3v) is 3.70. The number of hydrogen-bond donors (Lipinski definition) is 2. The second kappa shape index (κ2) is 4.56. The van der Waals surface area contributed by atoms with Gasteiger partial charge in [-0.2, -0.15) is 15.4 Å². The maximum atomic E-state index is 12.0. The van der Waals surface area contributed by atoms with Crippen molar-refractivity contribution < 1.29 is 4.79 Å². The Kier molecular flexibility index (Phi) is 2.57. The molecule has 0 spiro atoms. The molecule has 1 amide bonds. The number of aromatic amines is 1. The Morgan fingerprint density at radius 1 is 1.10 bits per heavy atom. The van der Waals surface area contributed by atoms with Gasteiger partial charge in [-0.05, 0) is 40.8 Å². The molecule has 0 radical (unpaired) electrons. The van der Waals surface area contributed by atoms with Gasteiger partial charge in [0.05, 0.1) is 6.20 Å². The number of benzene rings is 2. The van der Waals surface area contributed by atoms with Crippen molar-refractivity contribution in [1.29, 1.82) is 0 Å². The molecular formula is C16H12N4O. The van der Waals surface area contributed by atoms with Crippen LogP contribution in [0.1, 0.15) is 21.6 Å². The number of hydrogen-bond acceptors (Lipinski definition) is 3. The number of nitrogens with one attached hydrogen (secondary N) is 2. The van der Waals surface area contributed by atoms with Crippen LogP contribution in [0.5, 0.6) is 0 Å². The number of carbonyl (C=O) groups is 1. The number of carbonyl (C=O) groups excluding carboxylic acids is 1. The van der Waals surface area contributed by atoms with Gasteiger partial charge >= 0.3 is 0 Å². The molecule has 0 bridgehead atoms. The van der Waals surface area contributed by atoms with Gasteiger partial charge in [0.1, 0.15) is 0 Å². The average molecular weight is 276 g/mol. The summed E-state index contributed by atoms with van der Waals surface area (Å²) < 4.78 is 0. The highest BCUT2D eigenvalue weighted by Gasteiger charge is 2.18. The Labute approximate surface area is 121 Å².